The zero-order valence-corrected chi connectivity index (χ0v) is 14.3. The quantitative estimate of drug-likeness (QED) is 0.550. The summed E-state index contributed by atoms with van der Waals surface area (Å²) in [7, 11) is 0. The van der Waals surface area contributed by atoms with Crippen molar-refractivity contribution in [1.82, 2.24) is 10.4 Å². The number of carbonyl (C=O) groups excluding carboxylic acids is 1. The number of aromatic amines is 1. The van der Waals surface area contributed by atoms with Gasteiger partial charge in [0, 0.05) is 22.2 Å². The average Bonchev–Trinajstić information content (AvgIpc) is 3.01. The van der Waals surface area contributed by atoms with Crippen molar-refractivity contribution in [2.75, 3.05) is 0 Å². The number of nitrogens with zero attached hydrogens (tertiary/aromatic N) is 1. The van der Waals surface area contributed by atoms with Gasteiger partial charge >= 0.3 is 0 Å². The van der Waals surface area contributed by atoms with Gasteiger partial charge < -0.3 is 4.98 Å². The highest BCUT2D eigenvalue weighted by Crippen LogP contribution is 2.29. The number of amides is 1. The van der Waals surface area contributed by atoms with E-state index in [-0.39, 0.29) is 5.91 Å². The summed E-state index contributed by atoms with van der Waals surface area (Å²) in [6.45, 7) is 2.04. The normalized spacial score (nSPS) is 14.0. The standard InChI is InChI=1S/C21H21N3O/c1-14-6-8-15(9-7-14)13-22-24-21(25)16-10-11-20-18(12-16)17-4-2-3-5-19(17)23-20/h6-13,23H,2-5H2,1H3,(H,24,25)/b22-13-. The molecule has 0 radical (unpaired) electrons. The maximum Gasteiger partial charge on any atom is 0.271 e. The fraction of sp³-hybridized carbons (Fsp3) is 0.238. The lowest BCUT2D eigenvalue weighted by Gasteiger charge is -2.10. The van der Waals surface area contributed by atoms with E-state index in [9.17, 15) is 4.79 Å². The number of aromatic nitrogens is 1. The van der Waals surface area contributed by atoms with E-state index < -0.39 is 0 Å². The zero-order valence-electron chi connectivity index (χ0n) is 14.3. The fourth-order valence-corrected chi connectivity index (χ4v) is 3.43. The molecular formula is C21H21N3O. The Bertz CT molecular complexity index is 951. The molecule has 1 amide bonds. The van der Waals surface area contributed by atoms with Crippen LogP contribution in [0, 0.1) is 6.92 Å². The molecule has 0 bridgehead atoms. The van der Waals surface area contributed by atoms with Crippen molar-refractivity contribution in [3.63, 3.8) is 0 Å². The van der Waals surface area contributed by atoms with Gasteiger partial charge in [0.25, 0.3) is 5.91 Å². The number of H-pyrrole nitrogens is 1. The third kappa shape index (κ3) is 3.20. The van der Waals surface area contributed by atoms with Gasteiger partial charge in [-0.3, -0.25) is 4.79 Å². The molecule has 0 aliphatic heterocycles. The van der Waals surface area contributed by atoms with Gasteiger partial charge in [-0.1, -0.05) is 29.8 Å². The molecule has 2 aromatic carbocycles. The van der Waals surface area contributed by atoms with Crippen LogP contribution in [0.15, 0.2) is 47.6 Å². The molecule has 3 aromatic rings. The largest absolute Gasteiger partial charge is 0.358 e. The first-order valence-corrected chi connectivity index (χ1v) is 8.74. The summed E-state index contributed by atoms with van der Waals surface area (Å²) in [6.07, 6.45) is 6.31. The molecule has 0 saturated carbocycles. The Morgan fingerprint density at radius 2 is 1.92 bits per heavy atom. The summed E-state index contributed by atoms with van der Waals surface area (Å²) < 4.78 is 0. The van der Waals surface area contributed by atoms with E-state index >= 15 is 0 Å². The number of carbonyl (C=O) groups is 1. The minimum atomic E-state index is -0.184. The molecule has 0 saturated heterocycles. The fourth-order valence-electron chi connectivity index (χ4n) is 3.43. The first-order valence-electron chi connectivity index (χ1n) is 8.74. The van der Waals surface area contributed by atoms with Gasteiger partial charge in [-0.25, -0.2) is 5.43 Å². The van der Waals surface area contributed by atoms with Crippen LogP contribution in [0.1, 0.15) is 45.6 Å². The second-order valence-corrected chi connectivity index (χ2v) is 6.66. The number of hydrogen-bond acceptors (Lipinski definition) is 2. The smallest absolute Gasteiger partial charge is 0.271 e. The molecule has 0 atom stereocenters. The van der Waals surface area contributed by atoms with E-state index in [4.69, 9.17) is 0 Å². The average molecular weight is 331 g/mol. The summed E-state index contributed by atoms with van der Waals surface area (Å²) in [6, 6.07) is 13.8. The molecule has 2 N–H and O–H groups in total. The molecule has 1 heterocycles. The van der Waals surface area contributed by atoms with Crippen molar-refractivity contribution in [2.45, 2.75) is 32.6 Å². The maximum absolute atomic E-state index is 12.4. The minimum Gasteiger partial charge on any atom is -0.358 e. The molecule has 25 heavy (non-hydrogen) atoms. The van der Waals surface area contributed by atoms with Crippen molar-refractivity contribution in [3.8, 4) is 0 Å². The number of fused-ring (bicyclic) bond motifs is 3. The second kappa shape index (κ2) is 6.55. The zero-order chi connectivity index (χ0) is 17.2. The van der Waals surface area contributed by atoms with Crippen LogP contribution in [-0.2, 0) is 12.8 Å². The van der Waals surface area contributed by atoms with E-state index in [1.165, 1.54) is 35.0 Å². The van der Waals surface area contributed by atoms with Gasteiger partial charge in [0.15, 0.2) is 0 Å². The number of aryl methyl sites for hydroxylation is 3. The van der Waals surface area contributed by atoms with Crippen molar-refractivity contribution in [2.24, 2.45) is 5.10 Å². The van der Waals surface area contributed by atoms with Gasteiger partial charge in [-0.15, -0.1) is 0 Å². The van der Waals surface area contributed by atoms with Gasteiger partial charge in [-0.2, -0.15) is 5.10 Å². The molecule has 4 heteroatoms. The van der Waals surface area contributed by atoms with Crippen molar-refractivity contribution in [3.05, 3.63) is 70.4 Å². The van der Waals surface area contributed by atoms with Crippen molar-refractivity contribution < 1.29 is 4.79 Å². The van der Waals surface area contributed by atoms with Gasteiger partial charge in [0.1, 0.15) is 0 Å². The van der Waals surface area contributed by atoms with Gasteiger partial charge in [-0.05, 0) is 61.9 Å². The number of hydrogen-bond donors (Lipinski definition) is 2. The van der Waals surface area contributed by atoms with Crippen molar-refractivity contribution in [1.29, 1.82) is 0 Å². The predicted octanol–water partition coefficient (Wildman–Crippen LogP) is 4.12. The van der Waals surface area contributed by atoms with Gasteiger partial charge in [0.2, 0.25) is 0 Å². The summed E-state index contributed by atoms with van der Waals surface area (Å²) >= 11 is 0. The number of hydrazone groups is 1. The Morgan fingerprint density at radius 1 is 1.12 bits per heavy atom. The first kappa shape index (κ1) is 15.6. The summed E-state index contributed by atoms with van der Waals surface area (Å²) in [5, 5.41) is 5.24. The summed E-state index contributed by atoms with van der Waals surface area (Å²) in [4.78, 5) is 15.9. The Morgan fingerprint density at radius 3 is 2.76 bits per heavy atom. The van der Waals surface area contributed by atoms with Crippen LogP contribution in [-0.4, -0.2) is 17.1 Å². The SMILES string of the molecule is Cc1ccc(/C=N\NC(=O)c2ccc3[nH]c4c(c3c2)CCCC4)cc1. The lowest BCUT2D eigenvalue weighted by molar-refractivity contribution is 0.0955. The Hall–Kier alpha value is -2.88. The van der Waals surface area contributed by atoms with E-state index in [2.05, 4.69) is 15.5 Å². The van der Waals surface area contributed by atoms with E-state index in [0.717, 1.165) is 23.9 Å². The highest BCUT2D eigenvalue weighted by atomic mass is 16.2. The second-order valence-electron chi connectivity index (χ2n) is 6.66. The predicted molar refractivity (Wildman–Crippen MR) is 101 cm³/mol. The molecule has 4 nitrogen and oxygen atoms in total. The van der Waals surface area contributed by atoms with Crippen LogP contribution >= 0.6 is 0 Å². The topological polar surface area (TPSA) is 57.2 Å². The lowest BCUT2D eigenvalue weighted by Crippen LogP contribution is -2.17. The molecular weight excluding hydrogens is 310 g/mol. The summed E-state index contributed by atoms with van der Waals surface area (Å²) in [5.41, 5.74) is 9.24. The number of nitrogens with one attached hydrogen (secondary N) is 2. The van der Waals surface area contributed by atoms with Crippen LogP contribution < -0.4 is 5.43 Å². The molecule has 126 valence electrons. The van der Waals surface area contributed by atoms with Crippen molar-refractivity contribution >= 4 is 23.0 Å². The van der Waals surface area contributed by atoms with Crippen LogP contribution in [0.25, 0.3) is 10.9 Å². The third-order valence-electron chi connectivity index (χ3n) is 4.82. The highest BCUT2D eigenvalue weighted by molar-refractivity contribution is 5.99. The molecule has 0 fully saturated rings. The van der Waals surface area contributed by atoms with E-state index in [0.29, 0.717) is 5.56 Å². The monoisotopic (exact) mass is 331 g/mol. The van der Waals surface area contributed by atoms with Crippen LogP contribution in [0.3, 0.4) is 0 Å². The molecule has 1 aromatic heterocycles. The van der Waals surface area contributed by atoms with E-state index in [1.54, 1.807) is 6.21 Å². The number of benzene rings is 2. The van der Waals surface area contributed by atoms with E-state index in [1.807, 2.05) is 49.4 Å². The summed E-state index contributed by atoms with van der Waals surface area (Å²) in [5.74, 6) is -0.184. The Labute approximate surface area is 147 Å². The lowest BCUT2D eigenvalue weighted by atomic mass is 9.95. The first-order chi connectivity index (χ1) is 12.2. The maximum atomic E-state index is 12.4. The van der Waals surface area contributed by atoms with Crippen LogP contribution in [0.2, 0.25) is 0 Å². The number of rotatable bonds is 3. The molecule has 0 spiro atoms. The Kier molecular flexibility index (Phi) is 4.10. The third-order valence-corrected chi connectivity index (χ3v) is 4.82. The molecule has 1 aliphatic rings. The van der Waals surface area contributed by atoms with Gasteiger partial charge in [0.05, 0.1) is 6.21 Å². The molecule has 4 rings (SSSR count). The van der Waals surface area contributed by atoms with Crippen LogP contribution in [0.5, 0.6) is 0 Å². The molecule has 1 aliphatic carbocycles. The van der Waals surface area contributed by atoms with Crippen LogP contribution in [0.4, 0.5) is 0 Å². The molecule has 0 unspecified atom stereocenters. The highest BCUT2D eigenvalue weighted by Gasteiger charge is 2.16. The Balaban J connectivity index is 1.52. The minimum absolute atomic E-state index is 0.184.